The van der Waals surface area contributed by atoms with Crippen LogP contribution in [0, 0.1) is 11.7 Å². The molecule has 94 valence electrons. The summed E-state index contributed by atoms with van der Waals surface area (Å²) in [6.45, 7) is 3.75. The van der Waals surface area contributed by atoms with Gasteiger partial charge in [0, 0.05) is 12.2 Å². The van der Waals surface area contributed by atoms with Gasteiger partial charge in [-0.25, -0.2) is 4.39 Å². The van der Waals surface area contributed by atoms with Gasteiger partial charge in [-0.15, -0.1) is 0 Å². The molecule has 0 aliphatic carbocycles. The van der Waals surface area contributed by atoms with Crippen LogP contribution in [0.3, 0.4) is 0 Å². The Hall–Kier alpha value is -1.62. The Labute approximate surface area is 99.6 Å². The van der Waals surface area contributed by atoms with Crippen molar-refractivity contribution in [1.82, 2.24) is 5.32 Å². The van der Waals surface area contributed by atoms with Gasteiger partial charge in [-0.2, -0.15) is 0 Å². The number of amides is 1. The molecule has 0 spiro atoms. The van der Waals surface area contributed by atoms with Gasteiger partial charge in [0.2, 0.25) is 0 Å². The number of nitrogen functional groups attached to an aromatic ring is 1. The van der Waals surface area contributed by atoms with E-state index in [4.69, 9.17) is 5.73 Å². The largest absolute Gasteiger partial charge is 0.399 e. The van der Waals surface area contributed by atoms with Crippen LogP contribution in [-0.4, -0.2) is 23.7 Å². The lowest BCUT2D eigenvalue weighted by Gasteiger charge is -2.15. The monoisotopic (exact) mass is 240 g/mol. The van der Waals surface area contributed by atoms with Gasteiger partial charge in [0.15, 0.2) is 0 Å². The highest BCUT2D eigenvalue weighted by Gasteiger charge is 2.14. The Morgan fingerprint density at radius 3 is 2.76 bits per heavy atom. The van der Waals surface area contributed by atoms with Gasteiger partial charge in [0.25, 0.3) is 5.91 Å². The van der Waals surface area contributed by atoms with Crippen LogP contribution in [0.25, 0.3) is 0 Å². The molecule has 1 aromatic rings. The van der Waals surface area contributed by atoms with Gasteiger partial charge in [-0.05, 0) is 24.1 Å². The number of nitrogens with two attached hydrogens (primary N) is 1. The maximum Gasteiger partial charge on any atom is 0.254 e. The van der Waals surface area contributed by atoms with E-state index < -0.39 is 17.8 Å². The van der Waals surface area contributed by atoms with Gasteiger partial charge >= 0.3 is 0 Å². The first-order valence-corrected chi connectivity index (χ1v) is 5.43. The van der Waals surface area contributed by atoms with Gasteiger partial charge in [0.1, 0.15) is 5.82 Å². The highest BCUT2D eigenvalue weighted by molar-refractivity contribution is 5.95. The van der Waals surface area contributed by atoms with Crippen molar-refractivity contribution in [2.24, 2.45) is 5.92 Å². The molecular formula is C12H17FN2O2. The maximum atomic E-state index is 13.3. The van der Waals surface area contributed by atoms with E-state index in [0.29, 0.717) is 5.69 Å². The Kier molecular flexibility index (Phi) is 4.45. The first-order valence-electron chi connectivity index (χ1n) is 5.43. The van der Waals surface area contributed by atoms with Crippen LogP contribution in [0.15, 0.2) is 18.2 Å². The average molecular weight is 240 g/mol. The zero-order valence-corrected chi connectivity index (χ0v) is 9.90. The van der Waals surface area contributed by atoms with E-state index in [1.807, 2.05) is 13.8 Å². The first-order chi connectivity index (χ1) is 7.91. The van der Waals surface area contributed by atoms with Crippen LogP contribution in [0.1, 0.15) is 24.2 Å². The molecule has 17 heavy (non-hydrogen) atoms. The number of halogens is 1. The normalized spacial score (nSPS) is 12.5. The summed E-state index contributed by atoms with van der Waals surface area (Å²) in [4.78, 5) is 11.6. The topological polar surface area (TPSA) is 75.3 Å². The number of nitrogens with one attached hydrogen (secondary N) is 1. The number of carbonyl (C=O) groups excluding carboxylic acids is 1. The van der Waals surface area contributed by atoms with E-state index in [0.717, 1.165) is 6.07 Å². The number of rotatable bonds is 4. The Bertz CT molecular complexity index is 407. The smallest absolute Gasteiger partial charge is 0.254 e. The highest BCUT2D eigenvalue weighted by atomic mass is 19.1. The number of benzene rings is 1. The maximum absolute atomic E-state index is 13.3. The standard InChI is InChI=1S/C12H17FN2O2/c1-7(2)11(16)6-15-12(17)9-5-8(14)3-4-10(9)13/h3-5,7,11,16H,6,14H2,1-2H3,(H,15,17). The second-order valence-electron chi connectivity index (χ2n) is 4.26. The summed E-state index contributed by atoms with van der Waals surface area (Å²) in [7, 11) is 0. The summed E-state index contributed by atoms with van der Waals surface area (Å²) < 4.78 is 13.3. The second kappa shape index (κ2) is 5.63. The van der Waals surface area contributed by atoms with E-state index in [-0.39, 0.29) is 18.0 Å². The number of anilines is 1. The highest BCUT2D eigenvalue weighted by Crippen LogP contribution is 2.12. The molecule has 0 bridgehead atoms. The summed E-state index contributed by atoms with van der Waals surface area (Å²) in [5, 5.41) is 12.0. The third-order valence-corrected chi connectivity index (χ3v) is 2.48. The van der Waals surface area contributed by atoms with Crippen LogP contribution >= 0.6 is 0 Å². The Morgan fingerprint density at radius 1 is 1.53 bits per heavy atom. The van der Waals surface area contributed by atoms with Gasteiger partial charge < -0.3 is 16.2 Å². The fraction of sp³-hybridized carbons (Fsp3) is 0.417. The molecule has 0 aliphatic heterocycles. The lowest BCUT2D eigenvalue weighted by atomic mass is 10.1. The van der Waals surface area contributed by atoms with Crippen molar-refractivity contribution in [2.45, 2.75) is 20.0 Å². The molecule has 1 aromatic carbocycles. The second-order valence-corrected chi connectivity index (χ2v) is 4.26. The fourth-order valence-electron chi connectivity index (χ4n) is 1.25. The molecule has 0 aromatic heterocycles. The number of hydrogen-bond acceptors (Lipinski definition) is 3. The van der Waals surface area contributed by atoms with Crippen LogP contribution in [-0.2, 0) is 0 Å². The summed E-state index contributed by atoms with van der Waals surface area (Å²) in [5.41, 5.74) is 5.68. The number of carbonyl (C=O) groups is 1. The number of hydrogen-bond donors (Lipinski definition) is 3. The molecule has 1 atom stereocenters. The third kappa shape index (κ3) is 3.71. The first kappa shape index (κ1) is 13.4. The van der Waals surface area contributed by atoms with Crippen molar-refractivity contribution in [3.63, 3.8) is 0 Å². The zero-order valence-electron chi connectivity index (χ0n) is 9.90. The fourth-order valence-corrected chi connectivity index (χ4v) is 1.25. The van der Waals surface area contributed by atoms with Crippen LogP contribution < -0.4 is 11.1 Å². The molecule has 0 saturated carbocycles. The van der Waals surface area contributed by atoms with E-state index in [9.17, 15) is 14.3 Å². The molecule has 4 N–H and O–H groups in total. The minimum absolute atomic E-state index is 0.0287. The van der Waals surface area contributed by atoms with Crippen molar-refractivity contribution in [3.8, 4) is 0 Å². The molecule has 5 heteroatoms. The molecule has 0 heterocycles. The van der Waals surface area contributed by atoms with E-state index in [1.54, 1.807) is 0 Å². The molecular weight excluding hydrogens is 223 g/mol. The summed E-state index contributed by atoms with van der Waals surface area (Å²) in [6.07, 6.45) is -0.650. The van der Waals surface area contributed by atoms with Crippen molar-refractivity contribution < 1.29 is 14.3 Å². The molecule has 0 radical (unpaired) electrons. The van der Waals surface area contributed by atoms with Gasteiger partial charge in [-0.3, -0.25) is 4.79 Å². The van der Waals surface area contributed by atoms with Crippen molar-refractivity contribution in [3.05, 3.63) is 29.6 Å². The van der Waals surface area contributed by atoms with Gasteiger partial charge in [-0.1, -0.05) is 13.8 Å². The van der Waals surface area contributed by atoms with E-state index in [1.165, 1.54) is 12.1 Å². The number of aliphatic hydroxyl groups excluding tert-OH is 1. The summed E-state index contributed by atoms with van der Waals surface area (Å²) >= 11 is 0. The van der Waals surface area contributed by atoms with Crippen LogP contribution in [0.4, 0.5) is 10.1 Å². The minimum atomic E-state index is -0.650. The third-order valence-electron chi connectivity index (χ3n) is 2.48. The lowest BCUT2D eigenvalue weighted by Crippen LogP contribution is -2.35. The molecule has 4 nitrogen and oxygen atoms in total. The number of aliphatic hydroxyl groups is 1. The lowest BCUT2D eigenvalue weighted by molar-refractivity contribution is 0.0868. The summed E-state index contributed by atoms with van der Waals surface area (Å²) in [5.74, 6) is -1.17. The van der Waals surface area contributed by atoms with E-state index >= 15 is 0 Å². The van der Waals surface area contributed by atoms with Gasteiger partial charge in [0.05, 0.1) is 11.7 Å². The Morgan fingerprint density at radius 2 is 2.18 bits per heavy atom. The molecule has 1 unspecified atom stereocenters. The molecule has 0 aliphatic rings. The molecule has 1 rings (SSSR count). The molecule has 0 saturated heterocycles. The predicted molar refractivity (Wildman–Crippen MR) is 64.0 cm³/mol. The van der Waals surface area contributed by atoms with Crippen LogP contribution in [0.2, 0.25) is 0 Å². The van der Waals surface area contributed by atoms with E-state index in [2.05, 4.69) is 5.32 Å². The molecule has 0 fully saturated rings. The SMILES string of the molecule is CC(C)C(O)CNC(=O)c1cc(N)ccc1F. The minimum Gasteiger partial charge on any atom is -0.399 e. The quantitative estimate of drug-likeness (QED) is 0.691. The van der Waals surface area contributed by atoms with Crippen molar-refractivity contribution in [2.75, 3.05) is 12.3 Å². The molecule has 1 amide bonds. The Balaban J connectivity index is 2.67. The zero-order chi connectivity index (χ0) is 13.0. The average Bonchev–Trinajstić information content (AvgIpc) is 2.28. The summed E-state index contributed by atoms with van der Waals surface area (Å²) in [6, 6.07) is 3.80. The predicted octanol–water partition coefficient (Wildman–Crippen LogP) is 1.15. The van der Waals surface area contributed by atoms with Crippen LogP contribution in [0.5, 0.6) is 0 Å². The van der Waals surface area contributed by atoms with Crippen molar-refractivity contribution in [1.29, 1.82) is 0 Å². The van der Waals surface area contributed by atoms with Crippen molar-refractivity contribution >= 4 is 11.6 Å².